The van der Waals surface area contributed by atoms with Gasteiger partial charge in [-0.25, -0.2) is 0 Å². The fourth-order valence-corrected chi connectivity index (χ4v) is 5.22. The molecule has 1 atom stereocenters. The van der Waals surface area contributed by atoms with Crippen molar-refractivity contribution >= 4 is 5.91 Å². The molecule has 1 heterocycles. The van der Waals surface area contributed by atoms with E-state index in [2.05, 4.69) is 25.1 Å². The van der Waals surface area contributed by atoms with Crippen LogP contribution in [0.15, 0.2) is 18.2 Å². The number of rotatable bonds is 3. The molecule has 1 aromatic carbocycles. The van der Waals surface area contributed by atoms with Gasteiger partial charge < -0.3 is 14.7 Å². The van der Waals surface area contributed by atoms with Gasteiger partial charge in [0.15, 0.2) is 0 Å². The van der Waals surface area contributed by atoms with E-state index in [1.54, 1.807) is 7.11 Å². The Morgan fingerprint density at radius 1 is 1.28 bits per heavy atom. The quantitative estimate of drug-likeness (QED) is 0.916. The molecule has 4 rings (SSSR count). The number of benzene rings is 1. The topological polar surface area (TPSA) is 49.8 Å². The lowest BCUT2D eigenvalue weighted by Gasteiger charge is -2.52. The number of aryl methyl sites for hydroxylation is 1. The normalized spacial score (nSPS) is 33.0. The van der Waals surface area contributed by atoms with Gasteiger partial charge in [-0.1, -0.05) is 12.1 Å². The van der Waals surface area contributed by atoms with E-state index in [1.165, 1.54) is 30.4 Å². The highest BCUT2D eigenvalue weighted by atomic mass is 16.5. The third kappa shape index (κ3) is 2.95. The third-order valence-corrected chi connectivity index (χ3v) is 6.69. The van der Waals surface area contributed by atoms with E-state index in [1.807, 2.05) is 11.8 Å². The number of likely N-dealkylation sites (tertiary alicyclic amines) is 1. The lowest BCUT2D eigenvalue weighted by Crippen LogP contribution is -2.61. The Bertz CT molecular complexity index is 682. The number of hydrogen-bond donors (Lipinski definition) is 1. The van der Waals surface area contributed by atoms with Crippen molar-refractivity contribution in [1.82, 2.24) is 4.90 Å². The molecule has 0 radical (unpaired) electrons. The number of amides is 1. The van der Waals surface area contributed by atoms with Crippen molar-refractivity contribution in [2.24, 2.45) is 11.3 Å². The van der Waals surface area contributed by atoms with Gasteiger partial charge in [0.1, 0.15) is 5.75 Å². The number of nitrogens with zero attached hydrogens (tertiary/aromatic N) is 1. The van der Waals surface area contributed by atoms with Crippen molar-refractivity contribution < 1.29 is 14.6 Å². The number of ether oxygens (including phenoxy) is 1. The highest BCUT2D eigenvalue weighted by Crippen LogP contribution is 2.53. The maximum atomic E-state index is 12.5. The van der Waals surface area contributed by atoms with Crippen LogP contribution in [0.3, 0.4) is 0 Å². The van der Waals surface area contributed by atoms with Crippen molar-refractivity contribution in [1.29, 1.82) is 0 Å². The minimum Gasteiger partial charge on any atom is -0.496 e. The minimum atomic E-state index is -0.619. The van der Waals surface area contributed by atoms with Crippen LogP contribution in [0.2, 0.25) is 0 Å². The zero-order valence-corrected chi connectivity index (χ0v) is 15.5. The Labute approximate surface area is 150 Å². The van der Waals surface area contributed by atoms with Gasteiger partial charge >= 0.3 is 0 Å². The first-order valence-electron chi connectivity index (χ1n) is 9.47. The lowest BCUT2D eigenvalue weighted by atomic mass is 9.69. The summed E-state index contributed by atoms with van der Waals surface area (Å²) < 4.78 is 5.47. The van der Waals surface area contributed by atoms with E-state index in [0.717, 1.165) is 18.8 Å². The molecule has 4 nitrogen and oxygen atoms in total. The SMILES string of the molecule is COc1cc([C@H]2CCC3(C2)CN(C(=O)C2CC(C)(O)C2)C3)ccc1C. The molecular formula is C21H29NO3. The van der Waals surface area contributed by atoms with Crippen LogP contribution in [0.1, 0.15) is 56.1 Å². The monoisotopic (exact) mass is 343 g/mol. The van der Waals surface area contributed by atoms with Crippen LogP contribution in [-0.2, 0) is 4.79 Å². The summed E-state index contributed by atoms with van der Waals surface area (Å²) >= 11 is 0. The van der Waals surface area contributed by atoms with Gasteiger partial charge in [-0.3, -0.25) is 4.79 Å². The molecule has 0 aromatic heterocycles. The fraction of sp³-hybridized carbons (Fsp3) is 0.667. The van der Waals surface area contributed by atoms with Crippen molar-refractivity contribution in [3.63, 3.8) is 0 Å². The summed E-state index contributed by atoms with van der Waals surface area (Å²) in [4.78, 5) is 14.5. The molecule has 1 spiro atoms. The van der Waals surface area contributed by atoms with Crippen LogP contribution in [-0.4, -0.2) is 41.7 Å². The maximum Gasteiger partial charge on any atom is 0.225 e. The van der Waals surface area contributed by atoms with Gasteiger partial charge in [-0.05, 0) is 69.1 Å². The number of carbonyl (C=O) groups is 1. The molecule has 136 valence electrons. The second-order valence-corrected chi connectivity index (χ2v) is 8.97. The molecule has 25 heavy (non-hydrogen) atoms. The number of carbonyl (C=O) groups excluding carboxylic acids is 1. The molecule has 1 saturated heterocycles. The predicted molar refractivity (Wildman–Crippen MR) is 96.7 cm³/mol. The summed E-state index contributed by atoms with van der Waals surface area (Å²) in [6, 6.07) is 6.58. The molecule has 1 amide bonds. The van der Waals surface area contributed by atoms with Gasteiger partial charge in [0.25, 0.3) is 0 Å². The Morgan fingerprint density at radius 3 is 2.64 bits per heavy atom. The Kier molecular flexibility index (Phi) is 3.87. The van der Waals surface area contributed by atoms with Crippen LogP contribution in [0.25, 0.3) is 0 Å². The smallest absolute Gasteiger partial charge is 0.225 e. The maximum absolute atomic E-state index is 12.5. The summed E-state index contributed by atoms with van der Waals surface area (Å²) in [5.74, 6) is 1.86. The second kappa shape index (κ2) is 5.73. The molecule has 1 aromatic rings. The summed E-state index contributed by atoms with van der Waals surface area (Å²) in [5, 5.41) is 9.85. The minimum absolute atomic E-state index is 0.0471. The first-order chi connectivity index (χ1) is 11.8. The van der Waals surface area contributed by atoms with Crippen molar-refractivity contribution in [3.8, 4) is 5.75 Å². The molecule has 2 aliphatic carbocycles. The van der Waals surface area contributed by atoms with Crippen LogP contribution < -0.4 is 4.74 Å². The summed E-state index contributed by atoms with van der Waals surface area (Å²) in [6.45, 7) is 5.71. The van der Waals surface area contributed by atoms with E-state index in [-0.39, 0.29) is 11.8 Å². The van der Waals surface area contributed by atoms with Crippen LogP contribution in [0, 0.1) is 18.3 Å². The van der Waals surface area contributed by atoms with E-state index in [0.29, 0.717) is 24.2 Å². The zero-order chi connectivity index (χ0) is 17.8. The molecule has 0 unspecified atom stereocenters. The number of methoxy groups -OCH3 is 1. The molecule has 0 bridgehead atoms. The fourth-order valence-electron chi connectivity index (χ4n) is 5.22. The van der Waals surface area contributed by atoms with Gasteiger partial charge in [-0.15, -0.1) is 0 Å². The first-order valence-corrected chi connectivity index (χ1v) is 9.47. The van der Waals surface area contributed by atoms with Gasteiger partial charge in [0.2, 0.25) is 5.91 Å². The van der Waals surface area contributed by atoms with Gasteiger partial charge in [-0.2, -0.15) is 0 Å². The Hall–Kier alpha value is -1.55. The third-order valence-electron chi connectivity index (χ3n) is 6.69. The second-order valence-electron chi connectivity index (χ2n) is 8.97. The molecule has 3 aliphatic rings. The van der Waals surface area contributed by atoms with E-state index in [9.17, 15) is 9.90 Å². The first kappa shape index (κ1) is 16.9. The average Bonchev–Trinajstić information content (AvgIpc) is 2.96. The molecule has 1 N–H and O–H groups in total. The summed E-state index contributed by atoms with van der Waals surface area (Å²) in [5.41, 5.74) is 2.26. The Balaban J connectivity index is 1.35. The highest BCUT2D eigenvalue weighted by Gasteiger charge is 2.53. The average molecular weight is 343 g/mol. The Morgan fingerprint density at radius 2 is 2.00 bits per heavy atom. The largest absolute Gasteiger partial charge is 0.496 e. The van der Waals surface area contributed by atoms with Crippen molar-refractivity contribution in [3.05, 3.63) is 29.3 Å². The summed E-state index contributed by atoms with van der Waals surface area (Å²) in [7, 11) is 1.73. The van der Waals surface area contributed by atoms with E-state index >= 15 is 0 Å². The van der Waals surface area contributed by atoms with Crippen LogP contribution in [0.4, 0.5) is 0 Å². The van der Waals surface area contributed by atoms with Crippen LogP contribution in [0.5, 0.6) is 5.75 Å². The van der Waals surface area contributed by atoms with Gasteiger partial charge in [0, 0.05) is 24.4 Å². The summed E-state index contributed by atoms with van der Waals surface area (Å²) in [6.07, 6.45) is 4.83. The molecule has 2 saturated carbocycles. The van der Waals surface area contributed by atoms with E-state index in [4.69, 9.17) is 4.74 Å². The zero-order valence-electron chi connectivity index (χ0n) is 15.5. The van der Waals surface area contributed by atoms with Crippen LogP contribution >= 0.6 is 0 Å². The molecule has 1 aliphatic heterocycles. The number of hydrogen-bond acceptors (Lipinski definition) is 3. The molecule has 3 fully saturated rings. The molecular weight excluding hydrogens is 314 g/mol. The lowest BCUT2D eigenvalue weighted by molar-refractivity contribution is -0.161. The van der Waals surface area contributed by atoms with Crippen molar-refractivity contribution in [2.45, 2.75) is 57.5 Å². The molecule has 4 heteroatoms. The predicted octanol–water partition coefficient (Wildman–Crippen LogP) is 3.26. The standard InChI is InChI=1S/C21H29NO3/c1-14-4-5-15(8-18(14)25-3)16-6-7-21(11-16)12-22(13-21)19(23)17-9-20(2,24)10-17/h4-5,8,16-17,24H,6-7,9-13H2,1-3H3/t16-,17?,20?/m0/s1. The van der Waals surface area contributed by atoms with E-state index < -0.39 is 5.60 Å². The van der Waals surface area contributed by atoms with Crippen molar-refractivity contribution in [2.75, 3.05) is 20.2 Å². The highest BCUT2D eigenvalue weighted by molar-refractivity contribution is 5.81. The van der Waals surface area contributed by atoms with Gasteiger partial charge in [0.05, 0.1) is 12.7 Å². The number of aliphatic hydroxyl groups is 1.